The molecule has 2 N–H and O–H groups in total. The number of rotatable bonds is 6. The van der Waals surface area contributed by atoms with Crippen LogP contribution in [0.1, 0.15) is 32.5 Å². The number of hydrogen-bond donors (Lipinski definition) is 2. The van der Waals surface area contributed by atoms with Gasteiger partial charge in [-0.05, 0) is 20.8 Å². The number of carbonyl (C=O) groups is 1. The third kappa shape index (κ3) is 7.44. The molecular formula is C16H30IN7O2. The Morgan fingerprint density at radius 1 is 1.31 bits per heavy atom. The highest BCUT2D eigenvalue weighted by atomic mass is 127. The maximum absolute atomic E-state index is 11.9. The van der Waals surface area contributed by atoms with Crippen LogP contribution >= 0.6 is 24.0 Å². The van der Waals surface area contributed by atoms with Crippen LogP contribution in [0.15, 0.2) is 9.52 Å². The maximum Gasteiger partial charge on any atom is 0.234 e. The van der Waals surface area contributed by atoms with Crippen molar-refractivity contribution in [2.24, 2.45) is 4.99 Å². The Bertz CT molecular complexity index is 583. The molecule has 2 rings (SSSR count). The van der Waals surface area contributed by atoms with Crippen LogP contribution in [0.4, 0.5) is 0 Å². The number of aryl methyl sites for hydroxylation is 1. The molecule has 1 saturated heterocycles. The van der Waals surface area contributed by atoms with Crippen LogP contribution in [-0.2, 0) is 11.3 Å². The summed E-state index contributed by atoms with van der Waals surface area (Å²) in [6.07, 6.45) is 0. The number of piperazine rings is 1. The van der Waals surface area contributed by atoms with Crippen molar-refractivity contribution >= 4 is 35.8 Å². The second kappa shape index (κ2) is 11.3. The maximum atomic E-state index is 11.9. The quantitative estimate of drug-likeness (QED) is 0.351. The van der Waals surface area contributed by atoms with Gasteiger partial charge in [0.1, 0.15) is 6.54 Å². The second-order valence-electron chi connectivity index (χ2n) is 6.39. The Labute approximate surface area is 172 Å². The zero-order valence-corrected chi connectivity index (χ0v) is 18.3. The molecule has 1 aliphatic heterocycles. The first-order chi connectivity index (χ1) is 12.0. The summed E-state index contributed by atoms with van der Waals surface area (Å²) in [5, 5.41) is 10.1. The third-order valence-electron chi connectivity index (χ3n) is 3.76. The third-order valence-corrected chi connectivity index (χ3v) is 3.76. The molecule has 0 aliphatic carbocycles. The van der Waals surface area contributed by atoms with Gasteiger partial charge in [0.2, 0.25) is 11.8 Å². The van der Waals surface area contributed by atoms with Crippen molar-refractivity contribution in [3.05, 3.63) is 11.7 Å². The van der Waals surface area contributed by atoms with E-state index in [1.807, 2.05) is 20.8 Å². The number of aromatic nitrogens is 2. The molecule has 10 heteroatoms. The van der Waals surface area contributed by atoms with Gasteiger partial charge in [0.05, 0.1) is 6.54 Å². The minimum Gasteiger partial charge on any atom is -0.357 e. The highest BCUT2D eigenvalue weighted by molar-refractivity contribution is 14.0. The predicted octanol–water partition coefficient (Wildman–Crippen LogP) is 0.604. The van der Waals surface area contributed by atoms with Crippen LogP contribution < -0.4 is 10.6 Å². The van der Waals surface area contributed by atoms with Gasteiger partial charge in [0, 0.05) is 45.7 Å². The van der Waals surface area contributed by atoms with E-state index in [9.17, 15) is 4.79 Å². The number of amides is 1. The highest BCUT2D eigenvalue weighted by Crippen LogP contribution is 2.04. The van der Waals surface area contributed by atoms with Crippen LogP contribution in [0.25, 0.3) is 0 Å². The molecule has 0 saturated carbocycles. The average molecular weight is 479 g/mol. The fourth-order valence-electron chi connectivity index (χ4n) is 2.67. The zero-order valence-electron chi connectivity index (χ0n) is 16.0. The SMILES string of the molecule is CCNC(=NCc1noc(C)n1)N1CCN(CC(=O)NC(C)C)CC1.I. The van der Waals surface area contributed by atoms with Gasteiger partial charge in [-0.1, -0.05) is 5.16 Å². The van der Waals surface area contributed by atoms with Crippen LogP contribution in [0.5, 0.6) is 0 Å². The Balaban J connectivity index is 0.00000338. The van der Waals surface area contributed by atoms with E-state index in [4.69, 9.17) is 4.52 Å². The van der Waals surface area contributed by atoms with Crippen molar-refractivity contribution in [2.45, 2.75) is 40.3 Å². The summed E-state index contributed by atoms with van der Waals surface area (Å²) in [5.41, 5.74) is 0. The molecule has 0 radical (unpaired) electrons. The first-order valence-electron chi connectivity index (χ1n) is 8.82. The minimum absolute atomic E-state index is 0. The fraction of sp³-hybridized carbons (Fsp3) is 0.750. The van der Waals surface area contributed by atoms with Crippen molar-refractivity contribution < 1.29 is 9.32 Å². The van der Waals surface area contributed by atoms with E-state index in [0.717, 1.165) is 38.7 Å². The molecule has 0 aromatic carbocycles. The summed E-state index contributed by atoms with van der Waals surface area (Å²) in [4.78, 5) is 25.0. The molecule has 0 unspecified atom stereocenters. The van der Waals surface area contributed by atoms with Gasteiger partial charge in [-0.25, -0.2) is 4.99 Å². The zero-order chi connectivity index (χ0) is 18.2. The number of aliphatic imine (C=N–C) groups is 1. The van der Waals surface area contributed by atoms with Gasteiger partial charge < -0.3 is 20.1 Å². The van der Waals surface area contributed by atoms with Crippen LogP contribution in [0.3, 0.4) is 0 Å². The first-order valence-corrected chi connectivity index (χ1v) is 8.82. The van der Waals surface area contributed by atoms with Gasteiger partial charge in [0.15, 0.2) is 11.8 Å². The number of halogens is 1. The molecule has 1 aromatic rings. The van der Waals surface area contributed by atoms with Crippen molar-refractivity contribution in [1.82, 2.24) is 30.6 Å². The number of nitrogens with zero attached hydrogens (tertiary/aromatic N) is 5. The van der Waals surface area contributed by atoms with Crippen molar-refractivity contribution in [3.8, 4) is 0 Å². The second-order valence-corrected chi connectivity index (χ2v) is 6.39. The molecule has 26 heavy (non-hydrogen) atoms. The molecule has 0 atom stereocenters. The molecule has 0 spiro atoms. The molecule has 9 nitrogen and oxygen atoms in total. The lowest BCUT2D eigenvalue weighted by molar-refractivity contribution is -0.123. The molecule has 148 valence electrons. The van der Waals surface area contributed by atoms with Crippen LogP contribution in [0.2, 0.25) is 0 Å². The van der Waals surface area contributed by atoms with Gasteiger partial charge in [-0.3, -0.25) is 9.69 Å². The normalized spacial score (nSPS) is 15.7. The number of guanidine groups is 1. The predicted molar refractivity (Wildman–Crippen MR) is 111 cm³/mol. The van der Waals surface area contributed by atoms with Crippen molar-refractivity contribution in [2.75, 3.05) is 39.3 Å². The van der Waals surface area contributed by atoms with Gasteiger partial charge in [-0.2, -0.15) is 4.98 Å². The summed E-state index contributed by atoms with van der Waals surface area (Å²) < 4.78 is 4.97. The molecular weight excluding hydrogens is 449 g/mol. The largest absolute Gasteiger partial charge is 0.357 e. The molecule has 1 amide bonds. The smallest absolute Gasteiger partial charge is 0.234 e. The molecule has 1 aliphatic rings. The van der Waals surface area contributed by atoms with E-state index in [-0.39, 0.29) is 35.9 Å². The van der Waals surface area contributed by atoms with Gasteiger partial charge >= 0.3 is 0 Å². The Hall–Kier alpha value is -1.43. The van der Waals surface area contributed by atoms with Crippen molar-refractivity contribution in [1.29, 1.82) is 0 Å². The molecule has 2 heterocycles. The van der Waals surface area contributed by atoms with E-state index in [2.05, 4.69) is 35.6 Å². The Kier molecular flexibility index (Phi) is 9.84. The summed E-state index contributed by atoms with van der Waals surface area (Å²) in [6.45, 7) is 12.7. The summed E-state index contributed by atoms with van der Waals surface area (Å²) in [6, 6.07) is 0.176. The van der Waals surface area contributed by atoms with Gasteiger partial charge in [0.25, 0.3) is 0 Å². The highest BCUT2D eigenvalue weighted by Gasteiger charge is 2.21. The van der Waals surface area contributed by atoms with E-state index in [1.165, 1.54) is 0 Å². The Morgan fingerprint density at radius 3 is 2.54 bits per heavy atom. The monoisotopic (exact) mass is 479 g/mol. The fourth-order valence-corrected chi connectivity index (χ4v) is 2.67. The van der Waals surface area contributed by atoms with E-state index in [1.54, 1.807) is 6.92 Å². The number of carbonyl (C=O) groups excluding carboxylic acids is 1. The average Bonchev–Trinajstić information content (AvgIpc) is 2.97. The summed E-state index contributed by atoms with van der Waals surface area (Å²) in [7, 11) is 0. The summed E-state index contributed by atoms with van der Waals surface area (Å²) in [5.74, 6) is 2.05. The lowest BCUT2D eigenvalue weighted by Gasteiger charge is -2.36. The molecule has 0 bridgehead atoms. The topological polar surface area (TPSA) is 98.9 Å². The molecule has 1 fully saturated rings. The summed E-state index contributed by atoms with van der Waals surface area (Å²) >= 11 is 0. The van der Waals surface area contributed by atoms with Gasteiger partial charge in [-0.15, -0.1) is 24.0 Å². The van der Waals surface area contributed by atoms with Crippen LogP contribution in [-0.4, -0.2) is 77.1 Å². The van der Waals surface area contributed by atoms with Crippen molar-refractivity contribution in [3.63, 3.8) is 0 Å². The van der Waals surface area contributed by atoms with Crippen LogP contribution in [0, 0.1) is 6.92 Å². The number of hydrogen-bond acceptors (Lipinski definition) is 6. The van der Waals surface area contributed by atoms with E-state index < -0.39 is 0 Å². The van der Waals surface area contributed by atoms with E-state index >= 15 is 0 Å². The number of nitrogens with one attached hydrogen (secondary N) is 2. The standard InChI is InChI=1S/C16H29N7O2.HI/c1-5-17-16(18-10-14-20-13(4)25-21-14)23-8-6-22(7-9-23)11-15(24)19-12(2)3;/h12H,5-11H2,1-4H3,(H,17,18)(H,19,24);1H. The van der Waals surface area contributed by atoms with E-state index in [0.29, 0.717) is 24.8 Å². The Morgan fingerprint density at radius 2 is 2.00 bits per heavy atom. The lowest BCUT2D eigenvalue weighted by Crippen LogP contribution is -2.54. The lowest BCUT2D eigenvalue weighted by atomic mass is 10.3. The first kappa shape index (κ1) is 22.6. The minimum atomic E-state index is 0. The molecule has 1 aromatic heterocycles.